The number of hydrogen-bond donors (Lipinski definition) is 4. The molecule has 0 aliphatic rings. The quantitative estimate of drug-likeness (QED) is 0.158. The first kappa shape index (κ1) is 23.1. The summed E-state index contributed by atoms with van der Waals surface area (Å²) < 4.78 is 25.7. The van der Waals surface area contributed by atoms with Crippen molar-refractivity contribution in [3.63, 3.8) is 0 Å². The van der Waals surface area contributed by atoms with Crippen molar-refractivity contribution in [2.75, 3.05) is 13.2 Å². The Labute approximate surface area is 195 Å². The summed E-state index contributed by atoms with van der Waals surface area (Å²) in [5.74, 6) is -0.0719. The fourth-order valence-corrected chi connectivity index (χ4v) is 3.71. The fraction of sp³-hybridized carbons (Fsp3) is 0.192. The van der Waals surface area contributed by atoms with Gasteiger partial charge in [-0.1, -0.05) is 36.4 Å². The van der Waals surface area contributed by atoms with Crippen LogP contribution in [0.4, 0.5) is 8.78 Å². The van der Waals surface area contributed by atoms with Crippen molar-refractivity contribution in [1.29, 1.82) is 5.41 Å². The van der Waals surface area contributed by atoms with Crippen LogP contribution in [0, 0.1) is 11.2 Å². The monoisotopic (exact) mass is 461 g/mol. The molecular formula is C26H25F2N5O. The van der Waals surface area contributed by atoms with Gasteiger partial charge >= 0.3 is 0 Å². The van der Waals surface area contributed by atoms with E-state index in [4.69, 9.17) is 5.41 Å². The minimum atomic E-state index is -0.836. The highest BCUT2D eigenvalue weighted by Crippen LogP contribution is 2.22. The Morgan fingerprint density at radius 1 is 1.00 bits per heavy atom. The molecule has 1 atom stereocenters. The molecule has 1 heterocycles. The highest BCUT2D eigenvalue weighted by molar-refractivity contribution is 5.95. The molecule has 1 aromatic heterocycles. The summed E-state index contributed by atoms with van der Waals surface area (Å²) in [7, 11) is 0. The predicted molar refractivity (Wildman–Crippen MR) is 129 cm³/mol. The smallest absolute Gasteiger partial charge is 0.251 e. The van der Waals surface area contributed by atoms with Gasteiger partial charge in [-0.25, -0.2) is 13.8 Å². The Kier molecular flexibility index (Phi) is 7.27. The summed E-state index contributed by atoms with van der Waals surface area (Å²) in [5, 5.41) is 13.1. The molecule has 0 bridgehead atoms. The van der Waals surface area contributed by atoms with E-state index in [0.29, 0.717) is 30.8 Å². The zero-order valence-electron chi connectivity index (χ0n) is 18.4. The lowest BCUT2D eigenvalue weighted by atomic mass is 10.0. The second kappa shape index (κ2) is 10.7. The molecule has 6 nitrogen and oxygen atoms in total. The number of amidine groups is 1. The normalized spacial score (nSPS) is 11.8. The number of hydrogen-bond acceptors (Lipinski definition) is 3. The Hall–Kier alpha value is -4.07. The zero-order chi connectivity index (χ0) is 23.9. The van der Waals surface area contributed by atoms with Crippen molar-refractivity contribution in [1.82, 2.24) is 20.6 Å². The fourth-order valence-electron chi connectivity index (χ4n) is 3.71. The van der Waals surface area contributed by atoms with E-state index in [2.05, 4.69) is 20.6 Å². The molecule has 0 unspecified atom stereocenters. The van der Waals surface area contributed by atoms with E-state index < -0.39 is 12.7 Å². The van der Waals surface area contributed by atoms with E-state index in [-0.39, 0.29) is 17.6 Å². The number of para-hydroxylation sites is 2. The van der Waals surface area contributed by atoms with Crippen LogP contribution >= 0.6 is 0 Å². The number of aromatic nitrogens is 2. The third kappa shape index (κ3) is 5.64. The SMILES string of the molecule is N=C(CF)NCCC[C@H](NC(=O)c1ccc(-c2ccc(F)cc2)cc1)c1nc2ccccc2[nH]1. The number of benzene rings is 3. The van der Waals surface area contributed by atoms with Crippen LogP contribution in [0.25, 0.3) is 22.2 Å². The third-order valence-electron chi connectivity index (χ3n) is 5.51. The number of carbonyl (C=O) groups excluding carboxylic acids is 1. The molecule has 4 aromatic rings. The summed E-state index contributed by atoms with van der Waals surface area (Å²) in [5.41, 5.74) is 3.91. The summed E-state index contributed by atoms with van der Waals surface area (Å²) >= 11 is 0. The highest BCUT2D eigenvalue weighted by atomic mass is 19.1. The predicted octanol–water partition coefficient (Wildman–Crippen LogP) is 5.16. The van der Waals surface area contributed by atoms with Gasteiger partial charge in [0, 0.05) is 12.1 Å². The lowest BCUT2D eigenvalue weighted by Gasteiger charge is -2.17. The molecule has 34 heavy (non-hydrogen) atoms. The molecule has 174 valence electrons. The highest BCUT2D eigenvalue weighted by Gasteiger charge is 2.19. The van der Waals surface area contributed by atoms with Gasteiger partial charge in [-0.2, -0.15) is 0 Å². The van der Waals surface area contributed by atoms with Gasteiger partial charge in [0.1, 0.15) is 24.2 Å². The van der Waals surface area contributed by atoms with Crippen LogP contribution in [-0.2, 0) is 0 Å². The molecule has 0 aliphatic heterocycles. The first-order chi connectivity index (χ1) is 16.5. The Morgan fingerprint density at radius 3 is 2.35 bits per heavy atom. The summed E-state index contributed by atoms with van der Waals surface area (Å²) in [6.07, 6.45) is 1.15. The van der Waals surface area contributed by atoms with Gasteiger partial charge in [-0.05, 0) is 60.4 Å². The Bertz CT molecular complexity index is 1240. The van der Waals surface area contributed by atoms with Crippen molar-refractivity contribution in [2.45, 2.75) is 18.9 Å². The van der Waals surface area contributed by atoms with E-state index in [1.54, 1.807) is 24.3 Å². The van der Waals surface area contributed by atoms with Crippen LogP contribution in [0.15, 0.2) is 72.8 Å². The molecular weight excluding hydrogens is 436 g/mol. The Balaban J connectivity index is 1.48. The lowest BCUT2D eigenvalue weighted by molar-refractivity contribution is 0.0932. The molecule has 0 radical (unpaired) electrons. The van der Waals surface area contributed by atoms with E-state index in [1.807, 2.05) is 36.4 Å². The summed E-state index contributed by atoms with van der Waals surface area (Å²) in [6.45, 7) is -0.417. The van der Waals surface area contributed by atoms with E-state index in [0.717, 1.165) is 22.2 Å². The molecule has 0 fully saturated rings. The zero-order valence-corrected chi connectivity index (χ0v) is 18.4. The van der Waals surface area contributed by atoms with E-state index >= 15 is 0 Å². The van der Waals surface area contributed by atoms with Gasteiger partial charge < -0.3 is 15.6 Å². The van der Waals surface area contributed by atoms with Crippen LogP contribution in [0.2, 0.25) is 0 Å². The van der Waals surface area contributed by atoms with E-state index in [1.165, 1.54) is 12.1 Å². The van der Waals surface area contributed by atoms with Gasteiger partial charge in [0.2, 0.25) is 0 Å². The van der Waals surface area contributed by atoms with Crippen molar-refractivity contribution < 1.29 is 13.6 Å². The number of carbonyl (C=O) groups is 1. The maximum Gasteiger partial charge on any atom is 0.251 e. The second-order valence-corrected chi connectivity index (χ2v) is 7.93. The standard InChI is InChI=1S/C26H25F2N5O/c27-16-24(29)30-15-3-6-23(25-31-21-4-1-2-5-22(21)32-25)33-26(34)19-9-7-17(8-10-19)18-11-13-20(28)14-12-18/h1-2,4-5,7-14,23H,3,6,15-16H2,(H2,29,30)(H,31,32)(H,33,34)/t23-/m0/s1. The molecule has 0 aliphatic carbocycles. The van der Waals surface area contributed by atoms with Crippen molar-refractivity contribution in [3.05, 3.63) is 90.0 Å². The van der Waals surface area contributed by atoms with Crippen LogP contribution in [0.1, 0.15) is 35.1 Å². The first-order valence-electron chi connectivity index (χ1n) is 11.0. The number of fused-ring (bicyclic) bond motifs is 1. The van der Waals surface area contributed by atoms with E-state index in [9.17, 15) is 13.6 Å². The molecule has 3 aromatic carbocycles. The van der Waals surface area contributed by atoms with Crippen molar-refractivity contribution in [2.24, 2.45) is 0 Å². The first-order valence-corrected chi connectivity index (χ1v) is 11.0. The second-order valence-electron chi connectivity index (χ2n) is 7.93. The molecule has 0 spiro atoms. The number of halogens is 2. The van der Waals surface area contributed by atoms with Crippen LogP contribution < -0.4 is 10.6 Å². The molecule has 8 heteroatoms. The number of rotatable bonds is 9. The molecule has 1 amide bonds. The van der Waals surface area contributed by atoms with Gasteiger partial charge in [-0.15, -0.1) is 0 Å². The average Bonchev–Trinajstić information content (AvgIpc) is 3.30. The molecule has 0 saturated heterocycles. The third-order valence-corrected chi connectivity index (χ3v) is 5.51. The van der Waals surface area contributed by atoms with Crippen LogP contribution in [0.5, 0.6) is 0 Å². The van der Waals surface area contributed by atoms with Gasteiger partial charge in [0.25, 0.3) is 5.91 Å². The summed E-state index contributed by atoms with van der Waals surface area (Å²) in [6, 6.07) is 20.5. The maximum atomic E-state index is 13.2. The maximum absolute atomic E-state index is 13.2. The number of aromatic amines is 1. The van der Waals surface area contributed by atoms with Crippen molar-refractivity contribution >= 4 is 22.8 Å². The number of nitrogens with one attached hydrogen (secondary N) is 4. The number of alkyl halides is 1. The van der Waals surface area contributed by atoms with Gasteiger partial charge in [0.15, 0.2) is 0 Å². The number of nitrogens with zero attached hydrogens (tertiary/aromatic N) is 1. The average molecular weight is 462 g/mol. The summed E-state index contributed by atoms with van der Waals surface area (Å²) in [4.78, 5) is 20.9. The Morgan fingerprint density at radius 2 is 1.68 bits per heavy atom. The van der Waals surface area contributed by atoms with Crippen molar-refractivity contribution in [3.8, 4) is 11.1 Å². The molecule has 0 saturated carbocycles. The number of amides is 1. The van der Waals surface area contributed by atoms with Gasteiger partial charge in [0.05, 0.1) is 17.1 Å². The van der Waals surface area contributed by atoms with Crippen LogP contribution in [0.3, 0.4) is 0 Å². The number of imidazole rings is 1. The molecule has 4 rings (SSSR count). The van der Waals surface area contributed by atoms with Gasteiger partial charge in [-0.3, -0.25) is 10.2 Å². The largest absolute Gasteiger partial charge is 0.372 e. The number of H-pyrrole nitrogens is 1. The minimum Gasteiger partial charge on any atom is -0.372 e. The lowest BCUT2D eigenvalue weighted by Crippen LogP contribution is -2.31. The van der Waals surface area contributed by atoms with Crippen LogP contribution in [-0.4, -0.2) is 34.9 Å². The molecule has 4 N–H and O–H groups in total. The minimum absolute atomic E-state index is 0.162. The topological polar surface area (TPSA) is 93.7 Å².